The van der Waals surface area contributed by atoms with E-state index in [0.717, 1.165) is 43.8 Å². The highest BCUT2D eigenvalue weighted by Crippen LogP contribution is 2.28. The van der Waals surface area contributed by atoms with Crippen LogP contribution in [0, 0.1) is 11.6 Å². The van der Waals surface area contributed by atoms with Crippen molar-refractivity contribution < 1.29 is 8.78 Å². The molecule has 0 aliphatic carbocycles. The van der Waals surface area contributed by atoms with Gasteiger partial charge in [0, 0.05) is 30.8 Å². The molecule has 0 saturated carbocycles. The van der Waals surface area contributed by atoms with Crippen molar-refractivity contribution in [1.29, 1.82) is 0 Å². The number of aromatic nitrogens is 2. The Kier molecular flexibility index (Phi) is 4.66. The minimum absolute atomic E-state index is 0.167. The first-order valence-electron chi connectivity index (χ1n) is 7.16. The van der Waals surface area contributed by atoms with Gasteiger partial charge in [0.25, 0.3) is 0 Å². The first-order chi connectivity index (χ1) is 11.1. The van der Waals surface area contributed by atoms with Crippen LogP contribution in [-0.4, -0.2) is 29.5 Å². The summed E-state index contributed by atoms with van der Waals surface area (Å²) in [5.74, 6) is -0.919. The molecular weight excluding hydrogens is 324 g/mol. The number of nitrogens with zero attached hydrogens (tertiary/aromatic N) is 4. The van der Waals surface area contributed by atoms with Gasteiger partial charge in [-0.25, -0.2) is 8.78 Å². The summed E-state index contributed by atoms with van der Waals surface area (Å²) in [5, 5.41) is 12.0. The van der Waals surface area contributed by atoms with E-state index in [1.165, 1.54) is 12.3 Å². The largest absolute Gasteiger partial charge is 0.369 e. The lowest BCUT2D eigenvalue weighted by molar-refractivity contribution is 0.582. The van der Waals surface area contributed by atoms with E-state index in [0.29, 0.717) is 11.0 Å². The minimum Gasteiger partial charge on any atom is -0.369 e. The van der Waals surface area contributed by atoms with Gasteiger partial charge in [-0.1, -0.05) is 11.6 Å². The zero-order valence-electron chi connectivity index (χ0n) is 12.1. The monoisotopic (exact) mass is 337 g/mol. The second-order valence-corrected chi connectivity index (χ2v) is 5.49. The number of hydrazone groups is 1. The van der Waals surface area contributed by atoms with Crippen LogP contribution < -0.4 is 10.3 Å². The summed E-state index contributed by atoms with van der Waals surface area (Å²) in [7, 11) is 0. The number of anilines is 2. The molecule has 1 saturated heterocycles. The summed E-state index contributed by atoms with van der Waals surface area (Å²) in [6.07, 6.45) is 3.48. The van der Waals surface area contributed by atoms with E-state index >= 15 is 0 Å². The van der Waals surface area contributed by atoms with Crippen LogP contribution in [-0.2, 0) is 0 Å². The van der Waals surface area contributed by atoms with E-state index in [1.807, 2.05) is 0 Å². The number of hydrogen-bond acceptors (Lipinski definition) is 5. The van der Waals surface area contributed by atoms with Crippen molar-refractivity contribution >= 4 is 29.3 Å². The van der Waals surface area contributed by atoms with Gasteiger partial charge in [-0.15, -0.1) is 10.2 Å². The van der Waals surface area contributed by atoms with Crippen LogP contribution >= 0.6 is 11.6 Å². The van der Waals surface area contributed by atoms with E-state index < -0.39 is 11.6 Å². The normalized spacial score (nSPS) is 14.7. The Labute approximate surface area is 137 Å². The molecule has 23 heavy (non-hydrogen) atoms. The molecule has 120 valence electrons. The molecule has 0 atom stereocenters. The average Bonchev–Trinajstić information content (AvgIpc) is 3.05. The van der Waals surface area contributed by atoms with Crippen molar-refractivity contribution in [2.24, 2.45) is 5.10 Å². The van der Waals surface area contributed by atoms with Crippen LogP contribution in [0.2, 0.25) is 5.15 Å². The number of hydrogen-bond donors (Lipinski definition) is 1. The average molecular weight is 338 g/mol. The fourth-order valence-corrected chi connectivity index (χ4v) is 2.59. The van der Waals surface area contributed by atoms with Crippen molar-refractivity contribution in [2.75, 3.05) is 23.4 Å². The Morgan fingerprint density at radius 1 is 1.17 bits per heavy atom. The van der Waals surface area contributed by atoms with E-state index in [4.69, 9.17) is 11.6 Å². The highest BCUT2D eigenvalue weighted by molar-refractivity contribution is 6.32. The Balaban J connectivity index is 1.72. The van der Waals surface area contributed by atoms with Gasteiger partial charge in [0.2, 0.25) is 0 Å². The topological polar surface area (TPSA) is 53.4 Å². The third-order valence-electron chi connectivity index (χ3n) is 3.52. The smallest absolute Gasteiger partial charge is 0.175 e. The molecule has 1 aromatic carbocycles. The summed E-state index contributed by atoms with van der Waals surface area (Å²) in [6, 6.07) is 5.02. The maximum Gasteiger partial charge on any atom is 0.175 e. The van der Waals surface area contributed by atoms with Gasteiger partial charge < -0.3 is 4.90 Å². The first kappa shape index (κ1) is 15.6. The zero-order chi connectivity index (χ0) is 16.2. The second-order valence-electron chi connectivity index (χ2n) is 5.14. The van der Waals surface area contributed by atoms with Gasteiger partial charge in [-0.05, 0) is 25.0 Å². The first-order valence-corrected chi connectivity index (χ1v) is 7.53. The second kappa shape index (κ2) is 6.87. The van der Waals surface area contributed by atoms with Crippen LogP contribution in [0.4, 0.5) is 20.3 Å². The number of nitrogens with one attached hydrogen (secondary N) is 1. The van der Waals surface area contributed by atoms with E-state index in [9.17, 15) is 8.78 Å². The van der Waals surface area contributed by atoms with Crippen molar-refractivity contribution in [3.05, 3.63) is 46.6 Å². The Morgan fingerprint density at radius 2 is 1.96 bits per heavy atom. The Bertz CT molecular complexity index is 732. The van der Waals surface area contributed by atoms with Gasteiger partial charge >= 0.3 is 0 Å². The number of benzene rings is 1. The third kappa shape index (κ3) is 3.73. The number of halogens is 3. The molecule has 1 aliphatic rings. The van der Waals surface area contributed by atoms with Gasteiger partial charge in [0.1, 0.15) is 11.6 Å². The maximum atomic E-state index is 13.5. The molecule has 8 heteroatoms. The van der Waals surface area contributed by atoms with Gasteiger partial charge in [-0.3, -0.25) is 5.43 Å². The summed E-state index contributed by atoms with van der Waals surface area (Å²) in [5.41, 5.74) is 3.64. The molecule has 0 bridgehead atoms. The quantitative estimate of drug-likeness (QED) is 0.686. The Hall–Kier alpha value is -2.28. The Morgan fingerprint density at radius 3 is 2.70 bits per heavy atom. The van der Waals surface area contributed by atoms with Crippen LogP contribution in [0.3, 0.4) is 0 Å². The van der Waals surface area contributed by atoms with Gasteiger partial charge in [0.05, 0.1) is 11.9 Å². The fourth-order valence-electron chi connectivity index (χ4n) is 2.38. The third-order valence-corrected chi connectivity index (χ3v) is 3.79. The SMILES string of the molecule is Fc1ccc(C=NNc2cc(N3CCCC3)c(Cl)nn2)c(F)c1. The van der Waals surface area contributed by atoms with Crippen LogP contribution in [0.1, 0.15) is 18.4 Å². The van der Waals surface area contributed by atoms with Crippen LogP contribution in [0.15, 0.2) is 29.4 Å². The molecule has 1 aromatic heterocycles. The van der Waals surface area contributed by atoms with Crippen molar-refractivity contribution in [1.82, 2.24) is 10.2 Å². The lowest BCUT2D eigenvalue weighted by Gasteiger charge is -2.18. The van der Waals surface area contributed by atoms with Crippen molar-refractivity contribution in [3.8, 4) is 0 Å². The van der Waals surface area contributed by atoms with Crippen LogP contribution in [0.25, 0.3) is 0 Å². The van der Waals surface area contributed by atoms with Crippen molar-refractivity contribution in [2.45, 2.75) is 12.8 Å². The molecule has 1 aliphatic heterocycles. The summed E-state index contributed by atoms with van der Waals surface area (Å²) < 4.78 is 26.3. The zero-order valence-corrected chi connectivity index (χ0v) is 12.9. The minimum atomic E-state index is -0.685. The molecule has 0 spiro atoms. The lowest BCUT2D eigenvalue weighted by atomic mass is 10.2. The van der Waals surface area contributed by atoms with Crippen LogP contribution in [0.5, 0.6) is 0 Å². The molecule has 5 nitrogen and oxygen atoms in total. The molecule has 1 fully saturated rings. The molecule has 0 unspecified atom stereocenters. The lowest BCUT2D eigenvalue weighted by Crippen LogP contribution is -2.18. The highest BCUT2D eigenvalue weighted by atomic mass is 35.5. The van der Waals surface area contributed by atoms with Gasteiger partial charge in [-0.2, -0.15) is 5.10 Å². The predicted molar refractivity (Wildman–Crippen MR) is 86.1 cm³/mol. The summed E-state index contributed by atoms with van der Waals surface area (Å²) in [4.78, 5) is 2.13. The van der Waals surface area contributed by atoms with E-state index in [1.54, 1.807) is 6.07 Å². The molecule has 1 N–H and O–H groups in total. The standard InChI is InChI=1S/C15H14ClF2N5/c16-15-13(23-5-1-2-6-23)8-14(21-22-15)20-19-9-10-3-4-11(17)7-12(10)18/h3-4,7-9H,1-2,5-6H2,(H,20,21). The van der Waals surface area contributed by atoms with Crippen molar-refractivity contribution in [3.63, 3.8) is 0 Å². The molecule has 2 heterocycles. The van der Waals surface area contributed by atoms with Gasteiger partial charge in [0.15, 0.2) is 11.0 Å². The highest BCUT2D eigenvalue weighted by Gasteiger charge is 2.17. The number of rotatable bonds is 4. The van der Waals surface area contributed by atoms with E-state index in [2.05, 4.69) is 25.6 Å². The summed E-state index contributed by atoms with van der Waals surface area (Å²) in [6.45, 7) is 1.85. The molecule has 0 amide bonds. The van der Waals surface area contributed by atoms with E-state index in [-0.39, 0.29) is 5.56 Å². The summed E-state index contributed by atoms with van der Waals surface area (Å²) >= 11 is 6.08. The molecular formula is C15H14ClF2N5. The fraction of sp³-hybridized carbons (Fsp3) is 0.267. The molecule has 2 aromatic rings. The predicted octanol–water partition coefficient (Wildman–Crippen LogP) is 3.45. The molecule has 0 radical (unpaired) electrons. The molecule has 3 rings (SSSR count). The maximum absolute atomic E-state index is 13.5.